The number of aromatic carboxylic acids is 1. The molecule has 0 aliphatic heterocycles. The highest BCUT2D eigenvalue weighted by Gasteiger charge is 2.16. The second-order valence-electron chi connectivity index (χ2n) is 3.24. The van der Waals surface area contributed by atoms with Crippen LogP contribution in [-0.2, 0) is 0 Å². The molecule has 0 saturated heterocycles. The number of H-pyrrole nitrogens is 1. The second-order valence-corrected chi connectivity index (χ2v) is 3.24. The maximum absolute atomic E-state index is 12.9. The number of hydrogen-bond acceptors (Lipinski definition) is 3. The van der Waals surface area contributed by atoms with Crippen LogP contribution in [0.3, 0.4) is 0 Å². The summed E-state index contributed by atoms with van der Waals surface area (Å²) in [5.74, 6) is -1.88. The first-order chi connectivity index (χ1) is 7.50. The van der Waals surface area contributed by atoms with Crippen molar-refractivity contribution in [3.8, 4) is 0 Å². The molecule has 5 nitrogen and oxygen atoms in total. The number of hydrogen-bond donors (Lipinski definition) is 3. The third kappa shape index (κ3) is 1.40. The van der Waals surface area contributed by atoms with E-state index in [9.17, 15) is 14.0 Å². The van der Waals surface area contributed by atoms with Crippen LogP contribution in [0.25, 0.3) is 10.9 Å². The van der Waals surface area contributed by atoms with Crippen molar-refractivity contribution in [2.75, 3.05) is 5.73 Å². The van der Waals surface area contributed by atoms with Gasteiger partial charge in [-0.3, -0.25) is 4.79 Å². The first-order valence-corrected chi connectivity index (χ1v) is 4.35. The molecule has 4 N–H and O–H groups in total. The molecular formula is C10H7FN2O3. The Morgan fingerprint density at radius 2 is 2.12 bits per heavy atom. The maximum atomic E-state index is 12.9. The number of carbonyl (C=O) groups is 1. The van der Waals surface area contributed by atoms with Gasteiger partial charge in [0.25, 0.3) is 5.56 Å². The lowest BCUT2D eigenvalue weighted by Crippen LogP contribution is -2.17. The summed E-state index contributed by atoms with van der Waals surface area (Å²) in [5.41, 5.74) is 4.05. The lowest BCUT2D eigenvalue weighted by Gasteiger charge is -2.05. The molecule has 2 aromatic rings. The van der Waals surface area contributed by atoms with Gasteiger partial charge >= 0.3 is 5.97 Å². The number of carboxylic acid groups (broad SMARTS) is 1. The summed E-state index contributed by atoms with van der Waals surface area (Å²) in [6.07, 6.45) is 0. The van der Waals surface area contributed by atoms with Gasteiger partial charge in [0.15, 0.2) is 0 Å². The molecule has 16 heavy (non-hydrogen) atoms. The number of aromatic amines is 1. The van der Waals surface area contributed by atoms with E-state index in [-0.39, 0.29) is 22.2 Å². The lowest BCUT2D eigenvalue weighted by molar-refractivity contribution is 0.0700. The molecule has 0 radical (unpaired) electrons. The van der Waals surface area contributed by atoms with Crippen LogP contribution >= 0.6 is 0 Å². The van der Waals surface area contributed by atoms with Crippen LogP contribution < -0.4 is 11.3 Å². The molecule has 0 aliphatic carbocycles. The number of nitrogens with two attached hydrogens (primary N) is 1. The van der Waals surface area contributed by atoms with Crippen molar-refractivity contribution < 1.29 is 14.3 Å². The molecule has 2 rings (SSSR count). The highest BCUT2D eigenvalue weighted by molar-refractivity contribution is 6.06. The monoisotopic (exact) mass is 222 g/mol. The normalized spacial score (nSPS) is 10.6. The summed E-state index contributed by atoms with van der Waals surface area (Å²) in [6, 6.07) is 3.41. The molecule has 0 saturated carbocycles. The van der Waals surface area contributed by atoms with Gasteiger partial charge in [0.1, 0.15) is 11.5 Å². The quantitative estimate of drug-likeness (QED) is 0.669. The van der Waals surface area contributed by atoms with Crippen molar-refractivity contribution in [2.45, 2.75) is 0 Å². The van der Waals surface area contributed by atoms with E-state index in [2.05, 4.69) is 4.98 Å². The van der Waals surface area contributed by atoms with Crippen LogP contribution in [0.15, 0.2) is 23.0 Å². The lowest BCUT2D eigenvalue weighted by atomic mass is 10.1. The Morgan fingerprint density at radius 3 is 2.75 bits per heavy atom. The Labute approximate surface area is 88.3 Å². The van der Waals surface area contributed by atoms with Crippen molar-refractivity contribution in [2.24, 2.45) is 0 Å². The van der Waals surface area contributed by atoms with E-state index in [1.165, 1.54) is 6.07 Å². The molecule has 0 bridgehead atoms. The Kier molecular flexibility index (Phi) is 2.12. The molecule has 6 heteroatoms. The zero-order chi connectivity index (χ0) is 11.9. The van der Waals surface area contributed by atoms with Gasteiger partial charge in [0.05, 0.1) is 11.1 Å². The molecule has 1 heterocycles. The zero-order valence-electron chi connectivity index (χ0n) is 7.95. The van der Waals surface area contributed by atoms with E-state index >= 15 is 0 Å². The minimum atomic E-state index is -1.32. The summed E-state index contributed by atoms with van der Waals surface area (Å²) in [5, 5.41) is 9.13. The number of fused-ring (bicyclic) bond motifs is 1. The van der Waals surface area contributed by atoms with E-state index in [1.54, 1.807) is 0 Å². The fraction of sp³-hybridized carbons (Fsp3) is 0. The molecule has 0 aliphatic rings. The number of pyridine rings is 1. The van der Waals surface area contributed by atoms with E-state index in [0.29, 0.717) is 0 Å². The van der Waals surface area contributed by atoms with Gasteiger partial charge in [-0.2, -0.15) is 0 Å². The Hall–Kier alpha value is -2.37. The SMILES string of the molecule is Nc1c(C(=O)O)c2ccc(F)cc2[nH]c1=O. The molecule has 0 spiro atoms. The number of nitrogen functional groups attached to an aromatic ring is 1. The van der Waals surface area contributed by atoms with E-state index in [1.807, 2.05) is 0 Å². The van der Waals surface area contributed by atoms with Crippen molar-refractivity contribution >= 4 is 22.6 Å². The Balaban J connectivity index is 3.00. The third-order valence-corrected chi connectivity index (χ3v) is 2.23. The number of anilines is 1. The van der Waals surface area contributed by atoms with Gasteiger partial charge < -0.3 is 15.8 Å². The van der Waals surface area contributed by atoms with Crippen LogP contribution in [0.5, 0.6) is 0 Å². The van der Waals surface area contributed by atoms with Gasteiger partial charge in [0.2, 0.25) is 0 Å². The standard InChI is InChI=1S/C10H7FN2O3/c11-4-1-2-5-6(3-4)13-9(14)8(12)7(5)10(15)16/h1-3H,12H2,(H,13,14)(H,15,16). The highest BCUT2D eigenvalue weighted by atomic mass is 19.1. The van der Waals surface area contributed by atoms with Crippen LogP contribution in [0.2, 0.25) is 0 Å². The second kappa shape index (κ2) is 3.34. The number of rotatable bonds is 1. The van der Waals surface area contributed by atoms with Crippen LogP contribution in [0, 0.1) is 5.82 Å². The zero-order valence-corrected chi connectivity index (χ0v) is 7.95. The van der Waals surface area contributed by atoms with E-state index in [0.717, 1.165) is 12.1 Å². The van der Waals surface area contributed by atoms with Gasteiger partial charge in [0, 0.05) is 5.39 Å². The maximum Gasteiger partial charge on any atom is 0.338 e. The molecule has 1 aromatic heterocycles. The van der Waals surface area contributed by atoms with Gasteiger partial charge in [-0.05, 0) is 18.2 Å². The number of carboxylic acids is 1. The molecule has 0 amide bonds. The first kappa shape index (κ1) is 10.2. The Morgan fingerprint density at radius 1 is 1.44 bits per heavy atom. The van der Waals surface area contributed by atoms with Crippen molar-refractivity contribution in [3.63, 3.8) is 0 Å². The number of nitrogens with one attached hydrogen (secondary N) is 1. The van der Waals surface area contributed by atoms with Gasteiger partial charge in [-0.15, -0.1) is 0 Å². The number of halogens is 1. The largest absolute Gasteiger partial charge is 0.478 e. The number of aromatic nitrogens is 1. The summed E-state index contributed by atoms with van der Waals surface area (Å²) in [7, 11) is 0. The average Bonchev–Trinajstić information content (AvgIpc) is 2.19. The first-order valence-electron chi connectivity index (χ1n) is 4.35. The smallest absolute Gasteiger partial charge is 0.338 e. The topological polar surface area (TPSA) is 96.2 Å². The fourth-order valence-electron chi connectivity index (χ4n) is 1.52. The minimum Gasteiger partial charge on any atom is -0.478 e. The summed E-state index contributed by atoms with van der Waals surface area (Å²) in [4.78, 5) is 24.6. The van der Waals surface area contributed by atoms with Crippen LogP contribution in [0.4, 0.5) is 10.1 Å². The van der Waals surface area contributed by atoms with Gasteiger partial charge in [-0.25, -0.2) is 9.18 Å². The molecule has 82 valence electrons. The molecule has 1 aromatic carbocycles. The van der Waals surface area contributed by atoms with Crippen molar-refractivity contribution in [3.05, 3.63) is 39.9 Å². The molecule has 0 unspecified atom stereocenters. The molecular weight excluding hydrogens is 215 g/mol. The van der Waals surface area contributed by atoms with E-state index < -0.39 is 17.3 Å². The van der Waals surface area contributed by atoms with Gasteiger partial charge in [-0.1, -0.05) is 0 Å². The number of benzene rings is 1. The third-order valence-electron chi connectivity index (χ3n) is 2.23. The summed E-state index contributed by atoms with van der Waals surface area (Å²) in [6.45, 7) is 0. The average molecular weight is 222 g/mol. The van der Waals surface area contributed by atoms with Crippen LogP contribution in [0.1, 0.15) is 10.4 Å². The summed E-state index contributed by atoms with van der Waals surface area (Å²) < 4.78 is 12.9. The highest BCUT2D eigenvalue weighted by Crippen LogP contribution is 2.20. The minimum absolute atomic E-state index is 0.108. The molecule has 0 fully saturated rings. The van der Waals surface area contributed by atoms with E-state index in [4.69, 9.17) is 10.8 Å². The van der Waals surface area contributed by atoms with Crippen LogP contribution in [-0.4, -0.2) is 16.1 Å². The fourth-order valence-corrected chi connectivity index (χ4v) is 1.52. The van der Waals surface area contributed by atoms with Crippen molar-refractivity contribution in [1.82, 2.24) is 4.98 Å². The predicted molar refractivity (Wildman–Crippen MR) is 55.9 cm³/mol. The van der Waals surface area contributed by atoms with Crippen molar-refractivity contribution in [1.29, 1.82) is 0 Å². The molecule has 0 atom stereocenters. The predicted octanol–water partition coefficient (Wildman–Crippen LogP) is 0.948. The Bertz CT molecular complexity index is 648. The summed E-state index contributed by atoms with van der Waals surface area (Å²) >= 11 is 0.